The van der Waals surface area contributed by atoms with Crippen molar-refractivity contribution in [3.8, 4) is 11.3 Å². The highest BCUT2D eigenvalue weighted by molar-refractivity contribution is 7.98. The summed E-state index contributed by atoms with van der Waals surface area (Å²) >= 11 is 1.60. The lowest BCUT2D eigenvalue weighted by Gasteiger charge is -2.33. The minimum Gasteiger partial charge on any atom is -0.363 e. The molecule has 0 unspecified atom stereocenters. The Balaban J connectivity index is 1.68. The van der Waals surface area contributed by atoms with Crippen LogP contribution in [0.5, 0.6) is 0 Å². The fourth-order valence-electron chi connectivity index (χ4n) is 4.44. The molecule has 0 saturated heterocycles. The van der Waals surface area contributed by atoms with Gasteiger partial charge in [-0.3, -0.25) is 9.38 Å². The normalized spacial score (nSPS) is 13.8. The number of benzene rings is 1. The second-order valence-corrected chi connectivity index (χ2v) is 9.85. The quantitative estimate of drug-likeness (QED) is 0.307. The van der Waals surface area contributed by atoms with Crippen molar-refractivity contribution in [1.82, 2.24) is 19.4 Å². The summed E-state index contributed by atoms with van der Waals surface area (Å²) in [6, 6.07) is 8.91. The molecule has 1 aliphatic carbocycles. The second kappa shape index (κ2) is 9.25. The molecule has 1 aromatic carbocycles. The first-order chi connectivity index (χ1) is 16.5. The number of hydrogen-bond acceptors (Lipinski definition) is 6. The Bertz CT molecular complexity index is 1330. The summed E-state index contributed by atoms with van der Waals surface area (Å²) in [5.41, 5.74) is 4.46. The molecule has 1 aliphatic rings. The molecule has 8 heteroatoms. The fourth-order valence-corrected chi connectivity index (χ4v) is 5.01. The van der Waals surface area contributed by atoms with Crippen LogP contribution in [0.1, 0.15) is 24.8 Å². The highest BCUT2D eigenvalue weighted by Gasteiger charge is 2.27. The van der Waals surface area contributed by atoms with E-state index in [0.29, 0.717) is 5.92 Å². The molecule has 5 rings (SSSR count). The molecule has 176 valence electrons. The Morgan fingerprint density at radius 2 is 2.00 bits per heavy atom. The molecule has 6 nitrogen and oxygen atoms in total. The number of halogens is 1. The van der Waals surface area contributed by atoms with E-state index in [9.17, 15) is 4.39 Å². The van der Waals surface area contributed by atoms with Gasteiger partial charge in [-0.05, 0) is 61.8 Å². The molecule has 34 heavy (non-hydrogen) atoms. The van der Waals surface area contributed by atoms with E-state index in [1.54, 1.807) is 23.9 Å². The highest BCUT2D eigenvalue weighted by atomic mass is 32.2. The lowest BCUT2D eigenvalue weighted by molar-refractivity contribution is 0.323. The van der Waals surface area contributed by atoms with E-state index in [-0.39, 0.29) is 5.82 Å². The summed E-state index contributed by atoms with van der Waals surface area (Å²) in [5.74, 6) is 2.22. The van der Waals surface area contributed by atoms with Gasteiger partial charge in [-0.25, -0.2) is 14.4 Å². The predicted molar refractivity (Wildman–Crippen MR) is 138 cm³/mol. The summed E-state index contributed by atoms with van der Waals surface area (Å²) in [4.78, 5) is 18.6. The molecule has 0 radical (unpaired) electrons. The van der Waals surface area contributed by atoms with Gasteiger partial charge in [0.25, 0.3) is 0 Å². The zero-order valence-electron chi connectivity index (χ0n) is 20.0. The second-order valence-electron chi connectivity index (χ2n) is 9.05. The molecule has 4 aromatic rings. The first-order valence-corrected chi connectivity index (χ1v) is 12.8. The summed E-state index contributed by atoms with van der Waals surface area (Å²) in [5, 5.41) is 0.897. The van der Waals surface area contributed by atoms with Gasteiger partial charge in [-0.1, -0.05) is 12.5 Å². The van der Waals surface area contributed by atoms with Crippen molar-refractivity contribution < 1.29 is 4.39 Å². The number of imidazole rings is 1. The van der Waals surface area contributed by atoms with Crippen molar-refractivity contribution in [3.63, 3.8) is 0 Å². The molecule has 0 amide bonds. The van der Waals surface area contributed by atoms with Gasteiger partial charge in [0.1, 0.15) is 22.4 Å². The van der Waals surface area contributed by atoms with Gasteiger partial charge in [-0.2, -0.15) is 0 Å². The van der Waals surface area contributed by atoms with Crippen molar-refractivity contribution in [3.05, 3.63) is 60.3 Å². The Morgan fingerprint density at radius 3 is 2.65 bits per heavy atom. The van der Waals surface area contributed by atoms with E-state index in [2.05, 4.69) is 27.3 Å². The fraction of sp³-hybridized carbons (Fsp3) is 0.346. The van der Waals surface area contributed by atoms with Crippen LogP contribution in [0.4, 0.5) is 21.7 Å². The largest absolute Gasteiger partial charge is 0.363 e. The topological polar surface area (TPSA) is 49.6 Å². The van der Waals surface area contributed by atoms with E-state index in [0.717, 1.165) is 51.4 Å². The molecule has 3 aromatic heterocycles. The van der Waals surface area contributed by atoms with E-state index in [4.69, 9.17) is 9.97 Å². The molecular weight excluding hydrogens is 447 g/mol. The summed E-state index contributed by atoms with van der Waals surface area (Å²) in [6.45, 7) is 2.91. The first-order valence-electron chi connectivity index (χ1n) is 11.5. The zero-order valence-corrected chi connectivity index (χ0v) is 20.8. The summed E-state index contributed by atoms with van der Waals surface area (Å²) in [6.07, 6.45) is 11.3. The number of fused-ring (bicyclic) bond motifs is 1. The molecule has 3 heterocycles. The third kappa shape index (κ3) is 4.11. The summed E-state index contributed by atoms with van der Waals surface area (Å²) in [7, 11) is 3.96. The molecular formula is C26H29FN6S. The molecule has 0 atom stereocenters. The van der Waals surface area contributed by atoms with E-state index in [1.165, 1.54) is 25.3 Å². The number of anilines is 3. The molecule has 1 fully saturated rings. The standard InChI is InChI=1S/C26H29FN6S/c1-17-13-22(31(2)3)29-15-21(17)23-24-30-25(34-4)26(32(24)12-11-28-23)33(16-18-7-5-8-18)20-10-6-9-19(27)14-20/h6,9-15,18H,5,7-8,16H2,1-4H3. The van der Waals surface area contributed by atoms with Gasteiger partial charge < -0.3 is 9.80 Å². The van der Waals surface area contributed by atoms with Crippen LogP contribution in [0.3, 0.4) is 0 Å². The Labute approximate surface area is 203 Å². The van der Waals surface area contributed by atoms with Crippen molar-refractivity contribution in [1.29, 1.82) is 0 Å². The minimum atomic E-state index is -0.235. The van der Waals surface area contributed by atoms with Crippen molar-refractivity contribution in [2.75, 3.05) is 36.7 Å². The zero-order chi connectivity index (χ0) is 23.8. The number of hydrogen-bond donors (Lipinski definition) is 0. The molecule has 0 spiro atoms. The summed E-state index contributed by atoms with van der Waals surface area (Å²) < 4.78 is 16.3. The maximum absolute atomic E-state index is 14.2. The van der Waals surface area contributed by atoms with Crippen LogP contribution < -0.4 is 9.80 Å². The van der Waals surface area contributed by atoms with E-state index in [1.807, 2.05) is 49.9 Å². The van der Waals surface area contributed by atoms with Crippen LogP contribution in [0.25, 0.3) is 16.9 Å². The number of pyridine rings is 1. The Kier molecular flexibility index (Phi) is 6.16. The number of aromatic nitrogens is 4. The number of thioether (sulfide) groups is 1. The van der Waals surface area contributed by atoms with E-state index < -0.39 is 0 Å². The lowest BCUT2D eigenvalue weighted by Crippen LogP contribution is -2.30. The third-order valence-electron chi connectivity index (χ3n) is 6.53. The van der Waals surface area contributed by atoms with Gasteiger partial charge in [0.05, 0.1) is 0 Å². The van der Waals surface area contributed by atoms with Crippen LogP contribution in [0, 0.1) is 18.7 Å². The highest BCUT2D eigenvalue weighted by Crippen LogP contribution is 2.39. The first kappa shape index (κ1) is 22.7. The van der Waals surface area contributed by atoms with Gasteiger partial charge in [0.2, 0.25) is 0 Å². The maximum atomic E-state index is 14.2. The predicted octanol–water partition coefficient (Wildman–Crippen LogP) is 5.96. The average molecular weight is 477 g/mol. The van der Waals surface area contributed by atoms with Gasteiger partial charge in [0.15, 0.2) is 11.5 Å². The minimum absolute atomic E-state index is 0.235. The maximum Gasteiger partial charge on any atom is 0.166 e. The molecule has 1 saturated carbocycles. The van der Waals surface area contributed by atoms with Crippen molar-refractivity contribution in [2.45, 2.75) is 31.2 Å². The van der Waals surface area contributed by atoms with Crippen LogP contribution >= 0.6 is 11.8 Å². The number of nitrogens with zero attached hydrogens (tertiary/aromatic N) is 6. The average Bonchev–Trinajstić information content (AvgIpc) is 3.17. The van der Waals surface area contributed by atoms with E-state index >= 15 is 0 Å². The third-order valence-corrected chi connectivity index (χ3v) is 7.19. The smallest absolute Gasteiger partial charge is 0.166 e. The van der Waals surface area contributed by atoms with Crippen LogP contribution in [-0.2, 0) is 0 Å². The van der Waals surface area contributed by atoms with Gasteiger partial charge >= 0.3 is 0 Å². The molecule has 0 N–H and O–H groups in total. The number of rotatable bonds is 7. The molecule has 0 bridgehead atoms. The van der Waals surface area contributed by atoms with Crippen LogP contribution in [0.2, 0.25) is 0 Å². The molecule has 0 aliphatic heterocycles. The lowest BCUT2D eigenvalue weighted by atomic mass is 9.85. The SMILES string of the molecule is CSc1nc2c(-c3cnc(N(C)C)cc3C)nccn2c1N(CC1CCC1)c1cccc(F)c1. The number of aryl methyl sites for hydroxylation is 1. The Morgan fingerprint density at radius 1 is 1.18 bits per heavy atom. The Hall–Kier alpha value is -3.13. The van der Waals surface area contributed by atoms with Crippen molar-refractivity contribution >= 4 is 34.7 Å². The van der Waals surface area contributed by atoms with Crippen molar-refractivity contribution in [2.24, 2.45) is 5.92 Å². The van der Waals surface area contributed by atoms with Crippen LogP contribution in [0.15, 0.2) is 53.9 Å². The van der Waals surface area contributed by atoms with Gasteiger partial charge in [0, 0.05) is 50.5 Å². The van der Waals surface area contributed by atoms with Crippen LogP contribution in [-0.4, -0.2) is 46.2 Å². The monoisotopic (exact) mass is 476 g/mol. The van der Waals surface area contributed by atoms with Gasteiger partial charge in [-0.15, -0.1) is 11.8 Å².